The van der Waals surface area contributed by atoms with E-state index in [1.54, 1.807) is 11.8 Å². The second-order valence-electron chi connectivity index (χ2n) is 31.6. The maximum atomic E-state index is 15.3. The summed E-state index contributed by atoms with van der Waals surface area (Å²) >= 11 is 0. The van der Waals surface area contributed by atoms with Gasteiger partial charge in [0.25, 0.3) is 0 Å². The van der Waals surface area contributed by atoms with Gasteiger partial charge in [0.05, 0.1) is 45.4 Å². The zero-order valence-corrected chi connectivity index (χ0v) is 66.5. The molecular weight excluding hydrogens is 1330 g/mol. The van der Waals surface area contributed by atoms with Crippen molar-refractivity contribution in [2.24, 2.45) is 29.6 Å². The number of aliphatic hydroxyl groups excluding tert-OH is 1. The van der Waals surface area contributed by atoms with Crippen molar-refractivity contribution < 1.29 is 72.1 Å². The maximum Gasteiger partial charge on any atom is 0.248 e. The van der Waals surface area contributed by atoms with Gasteiger partial charge in [-0.2, -0.15) is 0 Å². The minimum atomic E-state index is -1.65. The van der Waals surface area contributed by atoms with Gasteiger partial charge in [0.15, 0.2) is 0 Å². The van der Waals surface area contributed by atoms with Gasteiger partial charge in [0.1, 0.15) is 54.4 Å². The first-order chi connectivity index (χ1) is 49.1. The Morgan fingerprint density at radius 3 is 1.44 bits per heavy atom. The molecule has 0 aromatic heterocycles. The van der Waals surface area contributed by atoms with Gasteiger partial charge in [-0.05, 0) is 115 Å². The highest BCUT2D eigenvalue weighted by Crippen LogP contribution is 2.31. The Bertz CT molecular complexity index is 2770. The minimum absolute atomic E-state index is 0.00264. The van der Waals surface area contributed by atoms with Crippen LogP contribution in [-0.4, -0.2) is 303 Å². The number of rotatable bonds is 24. The van der Waals surface area contributed by atoms with Gasteiger partial charge in [-0.3, -0.25) is 57.5 Å². The highest BCUT2D eigenvalue weighted by Gasteiger charge is 2.44. The Balaban J connectivity index is 1.97. The standard InChI is InChI=1S/C76H135N13O15/c1-18-20-35-89-47-66(93)83(13)62(43-54-30-24-21-25-31-54)70(96)79-58(49-104-40-38-81(10)11)73(99)87(17)61(42-52(7)8)71(97)80-67(53(9)90)76(102)82(12)46-65(92)84(14)63(44-55-32-26-22-27-33-55)75(101)85(15)59(19-2)68(94)78-57(48-103-39-34-50(3)4)72(98)86(16)60(41-51(5)6)69(95)77-56(45-64(89)91)74(100)88-36-28-23-29-37-88/h50-63,67,90H,18-49H2,1-17H3,(H,77,95)(H,78,94)(H,79,96)(H,80,97)/t53-,56+,57+,58+,59+,60+,61+,62+,63+,67+/m1/s1. The van der Waals surface area contributed by atoms with Crippen molar-refractivity contribution in [3.8, 4) is 0 Å². The van der Waals surface area contributed by atoms with E-state index >= 15 is 33.6 Å². The predicted molar refractivity (Wildman–Crippen MR) is 398 cm³/mol. The zero-order valence-electron chi connectivity index (χ0n) is 66.5. The molecule has 12 amide bonds. The van der Waals surface area contributed by atoms with E-state index in [1.807, 2.05) is 67.5 Å². The predicted octanol–water partition coefficient (Wildman–Crippen LogP) is 4.03. The molecular formula is C76H135N13O15. The molecule has 2 saturated carbocycles. The first-order valence-corrected chi connectivity index (χ1v) is 39.0. The molecule has 4 fully saturated rings. The lowest BCUT2D eigenvalue weighted by atomic mass is 9.84. The van der Waals surface area contributed by atoms with E-state index in [9.17, 15) is 29.1 Å². The fraction of sp³-hybridized carbons (Fsp3) is 0.842. The highest BCUT2D eigenvalue weighted by atomic mass is 16.5. The molecule has 0 aromatic rings. The lowest BCUT2D eigenvalue weighted by Crippen LogP contribution is -2.62. The van der Waals surface area contributed by atoms with Crippen LogP contribution in [0.3, 0.4) is 0 Å². The minimum Gasteiger partial charge on any atom is -0.391 e. The fourth-order valence-corrected chi connectivity index (χ4v) is 14.4. The van der Waals surface area contributed by atoms with E-state index in [0.29, 0.717) is 51.7 Å². The first-order valence-electron chi connectivity index (χ1n) is 39.0. The summed E-state index contributed by atoms with van der Waals surface area (Å²) in [6.45, 7) is 16.2. The molecule has 2 heterocycles. The highest BCUT2D eigenvalue weighted by molar-refractivity contribution is 6.00. The van der Waals surface area contributed by atoms with Gasteiger partial charge in [-0.15, -0.1) is 0 Å². The van der Waals surface area contributed by atoms with Crippen LogP contribution < -0.4 is 21.3 Å². The van der Waals surface area contributed by atoms with Crippen molar-refractivity contribution in [1.82, 2.24) is 65.4 Å². The summed E-state index contributed by atoms with van der Waals surface area (Å²) in [4.78, 5) is 193. The van der Waals surface area contributed by atoms with Gasteiger partial charge >= 0.3 is 0 Å². The van der Waals surface area contributed by atoms with Crippen LogP contribution >= 0.6 is 0 Å². The number of hydrogen-bond acceptors (Lipinski definition) is 16. The molecule has 0 radical (unpaired) electrons. The molecule has 28 heteroatoms. The van der Waals surface area contributed by atoms with Crippen LogP contribution in [0.25, 0.3) is 0 Å². The molecule has 0 unspecified atom stereocenters. The second kappa shape index (κ2) is 45.2. The first kappa shape index (κ1) is 89.9. The number of ether oxygens (including phenoxy) is 2. The van der Waals surface area contributed by atoms with Crippen molar-refractivity contribution in [1.29, 1.82) is 0 Å². The number of aliphatic hydroxyl groups is 1. The second-order valence-corrected chi connectivity index (χ2v) is 31.6. The van der Waals surface area contributed by atoms with E-state index in [1.165, 1.54) is 78.6 Å². The summed E-state index contributed by atoms with van der Waals surface area (Å²) in [7, 11) is 12.3. The van der Waals surface area contributed by atoms with Crippen molar-refractivity contribution in [3.63, 3.8) is 0 Å². The van der Waals surface area contributed by atoms with Crippen molar-refractivity contribution in [2.75, 3.05) is 122 Å². The van der Waals surface area contributed by atoms with Gasteiger partial charge in [0.2, 0.25) is 70.9 Å². The Labute approximate surface area is 621 Å². The number of unbranched alkanes of at least 4 members (excludes halogenated alkanes) is 1. The van der Waals surface area contributed by atoms with E-state index < -0.39 is 151 Å². The van der Waals surface area contributed by atoms with E-state index in [0.717, 1.165) is 75.5 Å². The van der Waals surface area contributed by atoms with Crippen LogP contribution in [0.2, 0.25) is 0 Å². The summed E-state index contributed by atoms with van der Waals surface area (Å²) in [6, 6.07) is -12.0. The normalized spacial score (nSPS) is 26.1. The van der Waals surface area contributed by atoms with Crippen LogP contribution in [-0.2, 0) is 67.0 Å². The number of hydrogen-bond donors (Lipinski definition) is 5. The van der Waals surface area contributed by atoms with Crippen LogP contribution in [0.4, 0.5) is 0 Å². The molecule has 4 aliphatic rings. The third-order valence-corrected chi connectivity index (χ3v) is 21.2. The van der Waals surface area contributed by atoms with E-state index in [4.69, 9.17) is 9.47 Å². The maximum absolute atomic E-state index is 15.3. The van der Waals surface area contributed by atoms with Crippen molar-refractivity contribution in [3.05, 3.63) is 0 Å². The molecule has 2 aliphatic carbocycles. The molecule has 594 valence electrons. The third-order valence-electron chi connectivity index (χ3n) is 21.2. The number of amides is 12. The molecule has 28 nitrogen and oxygen atoms in total. The third kappa shape index (κ3) is 28.3. The summed E-state index contributed by atoms with van der Waals surface area (Å²) in [5, 5.41) is 22.7. The van der Waals surface area contributed by atoms with Gasteiger partial charge in [0, 0.05) is 75.1 Å². The SMILES string of the molecule is CCCCN1CC(=O)N(C)[C@@H](CC2CCCCC2)C(=O)N[C@@H](COCCN(C)C)C(=O)N(C)[C@@H](CC(C)C)C(=O)N[C@@H]([C@@H](C)O)C(=O)N(C)CC(=O)N(C)[C@@H](CC2CCCCC2)C(=O)N(C)[C@@H](CC)C(=O)N[C@@H](COCCC(C)C)C(=O)N(C)[C@@H](CC(C)C)C(=O)N[C@H](C(=O)N2CCCCC2)CC1=O. The lowest BCUT2D eigenvalue weighted by Gasteiger charge is -2.38. The summed E-state index contributed by atoms with van der Waals surface area (Å²) in [5.74, 6) is -8.45. The van der Waals surface area contributed by atoms with E-state index in [2.05, 4.69) is 21.3 Å². The molecule has 0 aromatic carbocycles. The molecule has 5 N–H and O–H groups in total. The topological polar surface area (TPSA) is 321 Å². The van der Waals surface area contributed by atoms with Gasteiger partial charge < -0.3 is 79.9 Å². The van der Waals surface area contributed by atoms with Gasteiger partial charge in [-0.1, -0.05) is 126 Å². The molecule has 2 aliphatic heterocycles. The van der Waals surface area contributed by atoms with Crippen LogP contribution in [0.5, 0.6) is 0 Å². The zero-order chi connectivity index (χ0) is 77.7. The number of carbonyl (C=O) groups excluding carboxylic acids is 12. The molecule has 10 atom stereocenters. The Kier molecular flexibility index (Phi) is 39.1. The molecule has 0 bridgehead atoms. The largest absolute Gasteiger partial charge is 0.391 e. The molecule has 104 heavy (non-hydrogen) atoms. The monoisotopic (exact) mass is 1470 g/mol. The lowest BCUT2D eigenvalue weighted by molar-refractivity contribution is -0.151. The number of likely N-dealkylation sites (tertiary alicyclic amines) is 1. The molecule has 2 saturated heterocycles. The quantitative estimate of drug-likeness (QED) is 0.0852. The number of likely N-dealkylation sites (N-methyl/N-ethyl adjacent to an activating group) is 7. The average Bonchev–Trinajstić information content (AvgIpc) is 0.827. The Morgan fingerprint density at radius 1 is 0.510 bits per heavy atom. The Morgan fingerprint density at radius 2 is 0.962 bits per heavy atom. The smallest absolute Gasteiger partial charge is 0.248 e. The molecule has 0 spiro atoms. The number of nitrogens with one attached hydrogen (secondary N) is 4. The van der Waals surface area contributed by atoms with Crippen molar-refractivity contribution in [2.45, 2.75) is 264 Å². The summed E-state index contributed by atoms with van der Waals surface area (Å²) < 4.78 is 12.2. The summed E-state index contributed by atoms with van der Waals surface area (Å²) in [6.07, 6.45) is 11.2. The number of nitrogens with zero attached hydrogens (tertiary/aromatic N) is 9. The van der Waals surface area contributed by atoms with Crippen molar-refractivity contribution >= 4 is 70.9 Å². The van der Waals surface area contributed by atoms with E-state index in [-0.39, 0.29) is 94.7 Å². The van der Waals surface area contributed by atoms with Gasteiger partial charge in [-0.25, -0.2) is 0 Å². The van der Waals surface area contributed by atoms with Crippen LogP contribution in [0, 0.1) is 29.6 Å². The summed E-state index contributed by atoms with van der Waals surface area (Å²) in [5.41, 5.74) is 0. The number of piperidine rings is 1. The molecule has 4 rings (SSSR count). The van der Waals surface area contributed by atoms with Crippen LogP contribution in [0.1, 0.15) is 204 Å². The van der Waals surface area contributed by atoms with Crippen LogP contribution in [0.15, 0.2) is 0 Å². The fourth-order valence-electron chi connectivity index (χ4n) is 14.4. The average molecular weight is 1470 g/mol. The Hall–Kier alpha value is -6.52. The number of carbonyl (C=O) groups is 12.